The van der Waals surface area contributed by atoms with Gasteiger partial charge in [0.25, 0.3) is 5.91 Å². The molecule has 1 aromatic rings. The normalized spacial score (nSPS) is 21.8. The molecule has 1 saturated carbocycles. The summed E-state index contributed by atoms with van der Waals surface area (Å²) in [6, 6.07) is 3.78. The predicted octanol–water partition coefficient (Wildman–Crippen LogP) is 1.86. The van der Waals surface area contributed by atoms with Gasteiger partial charge in [-0.15, -0.1) is 0 Å². The first-order valence-electron chi connectivity index (χ1n) is 7.81. The van der Waals surface area contributed by atoms with Crippen molar-refractivity contribution in [3.8, 4) is 0 Å². The highest BCUT2D eigenvalue weighted by Gasteiger charge is 2.25. The number of H-pyrrole nitrogens is 1. The molecule has 5 nitrogen and oxygen atoms in total. The average molecular weight is 291 g/mol. The molecule has 0 spiro atoms. The van der Waals surface area contributed by atoms with Crippen LogP contribution in [0.5, 0.6) is 0 Å². The van der Waals surface area contributed by atoms with E-state index in [0.29, 0.717) is 18.2 Å². The zero-order chi connectivity index (χ0) is 15.2. The Kier molecular flexibility index (Phi) is 5.42. The summed E-state index contributed by atoms with van der Waals surface area (Å²) in [5, 5.41) is 5.71. The summed E-state index contributed by atoms with van der Waals surface area (Å²) in [5.74, 6) is 0.743. The van der Waals surface area contributed by atoms with E-state index in [2.05, 4.69) is 22.5 Å². The number of rotatable bonds is 5. The Labute approximate surface area is 125 Å². The van der Waals surface area contributed by atoms with Gasteiger partial charge >= 0.3 is 0 Å². The number of amides is 2. The molecule has 0 aliphatic heterocycles. The molecule has 116 valence electrons. The molecule has 0 unspecified atom stereocenters. The number of carbonyl (C=O) groups is 2. The van der Waals surface area contributed by atoms with Gasteiger partial charge in [0, 0.05) is 25.2 Å². The topological polar surface area (TPSA) is 74.0 Å². The maximum atomic E-state index is 12.0. The van der Waals surface area contributed by atoms with Crippen molar-refractivity contribution in [2.24, 2.45) is 11.8 Å². The number of hydrogen-bond acceptors (Lipinski definition) is 2. The van der Waals surface area contributed by atoms with Crippen molar-refractivity contribution < 1.29 is 9.59 Å². The van der Waals surface area contributed by atoms with Gasteiger partial charge in [-0.3, -0.25) is 9.59 Å². The third kappa shape index (κ3) is 4.09. The third-order valence-corrected chi connectivity index (χ3v) is 4.39. The predicted molar refractivity (Wildman–Crippen MR) is 82.0 cm³/mol. The van der Waals surface area contributed by atoms with E-state index in [4.69, 9.17) is 0 Å². The van der Waals surface area contributed by atoms with Crippen molar-refractivity contribution in [1.82, 2.24) is 15.6 Å². The highest BCUT2D eigenvalue weighted by atomic mass is 16.2. The Bertz CT molecular complexity index is 487. The van der Waals surface area contributed by atoms with Crippen molar-refractivity contribution in [2.75, 3.05) is 13.6 Å². The second-order valence-corrected chi connectivity index (χ2v) is 5.79. The smallest absolute Gasteiger partial charge is 0.267 e. The van der Waals surface area contributed by atoms with Gasteiger partial charge in [-0.2, -0.15) is 0 Å². The van der Waals surface area contributed by atoms with Crippen LogP contribution in [0.1, 0.15) is 48.8 Å². The lowest BCUT2D eigenvalue weighted by Gasteiger charge is -2.27. The fraction of sp³-hybridized carbons (Fsp3) is 0.625. The van der Waals surface area contributed by atoms with Gasteiger partial charge in [-0.05, 0) is 50.2 Å². The number of aryl methyl sites for hydroxylation is 1. The van der Waals surface area contributed by atoms with E-state index < -0.39 is 0 Å². The van der Waals surface area contributed by atoms with Gasteiger partial charge in [-0.25, -0.2) is 0 Å². The van der Waals surface area contributed by atoms with Crippen LogP contribution in [-0.2, 0) is 11.2 Å². The molecule has 1 aliphatic rings. The summed E-state index contributed by atoms with van der Waals surface area (Å²) in [4.78, 5) is 26.7. The van der Waals surface area contributed by atoms with E-state index in [1.165, 1.54) is 0 Å². The minimum Gasteiger partial charge on any atom is -0.359 e. The van der Waals surface area contributed by atoms with Crippen LogP contribution in [0.25, 0.3) is 0 Å². The first-order chi connectivity index (χ1) is 10.1. The van der Waals surface area contributed by atoms with E-state index in [1.54, 1.807) is 7.05 Å². The Morgan fingerprint density at radius 2 is 1.95 bits per heavy atom. The van der Waals surface area contributed by atoms with Gasteiger partial charge < -0.3 is 15.6 Å². The first-order valence-corrected chi connectivity index (χ1v) is 7.81. The van der Waals surface area contributed by atoms with Gasteiger partial charge in [0.2, 0.25) is 5.91 Å². The van der Waals surface area contributed by atoms with Gasteiger partial charge in [0.15, 0.2) is 0 Å². The summed E-state index contributed by atoms with van der Waals surface area (Å²) < 4.78 is 0. The molecular formula is C16H25N3O2. The molecule has 2 rings (SSSR count). The summed E-state index contributed by atoms with van der Waals surface area (Å²) in [7, 11) is 1.69. The molecule has 1 aromatic heterocycles. The molecule has 0 saturated heterocycles. The summed E-state index contributed by atoms with van der Waals surface area (Å²) in [6.07, 6.45) is 4.74. The maximum Gasteiger partial charge on any atom is 0.267 e. The molecule has 0 atom stereocenters. The van der Waals surface area contributed by atoms with Crippen LogP contribution in [0, 0.1) is 11.8 Å². The van der Waals surface area contributed by atoms with Crippen LogP contribution >= 0.6 is 0 Å². The van der Waals surface area contributed by atoms with Crippen LogP contribution in [0.2, 0.25) is 0 Å². The molecule has 1 fully saturated rings. The van der Waals surface area contributed by atoms with Crippen LogP contribution in [0.4, 0.5) is 0 Å². The Morgan fingerprint density at radius 3 is 2.52 bits per heavy atom. The molecule has 1 aliphatic carbocycles. The van der Waals surface area contributed by atoms with Gasteiger partial charge in [0.05, 0.1) is 0 Å². The standard InChI is InChI=1S/C16H25N3O2/c1-3-13-8-9-14(19-13)16(21)18-10-11-4-6-12(7-5-11)15(20)17-2/h8-9,11-12,19H,3-7,10H2,1-2H3,(H,17,20)(H,18,21). The highest BCUT2D eigenvalue weighted by molar-refractivity contribution is 5.92. The van der Waals surface area contributed by atoms with E-state index in [9.17, 15) is 9.59 Å². The van der Waals surface area contributed by atoms with E-state index in [0.717, 1.165) is 37.8 Å². The minimum absolute atomic E-state index is 0.0388. The van der Waals surface area contributed by atoms with Crippen LogP contribution < -0.4 is 10.6 Å². The largest absolute Gasteiger partial charge is 0.359 e. The lowest BCUT2D eigenvalue weighted by Crippen LogP contribution is -2.35. The summed E-state index contributed by atoms with van der Waals surface area (Å²) in [6.45, 7) is 2.75. The first kappa shape index (κ1) is 15.6. The quantitative estimate of drug-likeness (QED) is 0.774. The van der Waals surface area contributed by atoms with Crippen molar-refractivity contribution in [2.45, 2.75) is 39.0 Å². The molecule has 0 radical (unpaired) electrons. The third-order valence-electron chi connectivity index (χ3n) is 4.39. The van der Waals surface area contributed by atoms with Crippen molar-refractivity contribution >= 4 is 11.8 Å². The lowest BCUT2D eigenvalue weighted by molar-refractivity contribution is -0.125. The molecule has 0 aromatic carbocycles. The summed E-state index contributed by atoms with van der Waals surface area (Å²) in [5.41, 5.74) is 1.71. The molecule has 5 heteroatoms. The number of hydrogen-bond donors (Lipinski definition) is 3. The lowest BCUT2D eigenvalue weighted by atomic mass is 9.81. The second kappa shape index (κ2) is 7.29. The number of nitrogens with one attached hydrogen (secondary N) is 3. The zero-order valence-electron chi connectivity index (χ0n) is 12.9. The Hall–Kier alpha value is -1.78. The molecule has 0 bridgehead atoms. The summed E-state index contributed by atoms with van der Waals surface area (Å²) >= 11 is 0. The maximum absolute atomic E-state index is 12.0. The molecule has 2 amide bonds. The number of aromatic amines is 1. The monoisotopic (exact) mass is 291 g/mol. The molecular weight excluding hydrogens is 266 g/mol. The Morgan fingerprint density at radius 1 is 1.24 bits per heavy atom. The SMILES string of the molecule is CCc1ccc(C(=O)NCC2CCC(C(=O)NC)CC2)[nH]1. The highest BCUT2D eigenvalue weighted by Crippen LogP contribution is 2.28. The minimum atomic E-state index is -0.0388. The molecule has 21 heavy (non-hydrogen) atoms. The van der Waals surface area contributed by atoms with Gasteiger partial charge in [0.1, 0.15) is 5.69 Å². The van der Waals surface area contributed by atoms with Crippen molar-refractivity contribution in [3.63, 3.8) is 0 Å². The van der Waals surface area contributed by atoms with E-state index >= 15 is 0 Å². The average Bonchev–Trinajstić information content (AvgIpc) is 3.01. The second-order valence-electron chi connectivity index (χ2n) is 5.79. The number of aromatic nitrogens is 1. The van der Waals surface area contributed by atoms with E-state index in [-0.39, 0.29) is 17.7 Å². The number of carbonyl (C=O) groups excluding carboxylic acids is 2. The fourth-order valence-electron chi connectivity index (χ4n) is 2.94. The molecule has 3 N–H and O–H groups in total. The van der Waals surface area contributed by atoms with Crippen molar-refractivity contribution in [3.05, 3.63) is 23.5 Å². The molecule has 1 heterocycles. The zero-order valence-corrected chi connectivity index (χ0v) is 12.9. The fourth-order valence-corrected chi connectivity index (χ4v) is 2.94. The van der Waals surface area contributed by atoms with Crippen LogP contribution in [-0.4, -0.2) is 30.4 Å². The van der Waals surface area contributed by atoms with Gasteiger partial charge in [-0.1, -0.05) is 6.92 Å². The Balaban J connectivity index is 1.74. The van der Waals surface area contributed by atoms with Crippen LogP contribution in [0.3, 0.4) is 0 Å². The van der Waals surface area contributed by atoms with Crippen molar-refractivity contribution in [1.29, 1.82) is 0 Å². The van der Waals surface area contributed by atoms with Crippen LogP contribution in [0.15, 0.2) is 12.1 Å². The van der Waals surface area contributed by atoms with E-state index in [1.807, 2.05) is 12.1 Å².